The normalized spacial score (nSPS) is 16.2. The third kappa shape index (κ3) is 3.17. The van der Waals surface area contributed by atoms with Crippen LogP contribution in [0.3, 0.4) is 0 Å². The highest BCUT2D eigenvalue weighted by molar-refractivity contribution is 5.94. The summed E-state index contributed by atoms with van der Waals surface area (Å²) in [4.78, 5) is 8.23. The molecule has 2 aromatic rings. The highest BCUT2D eigenvalue weighted by Crippen LogP contribution is 2.30. The van der Waals surface area contributed by atoms with Crippen LogP contribution in [0, 0.1) is 5.92 Å². The molecule has 1 aromatic carbocycles. The van der Waals surface area contributed by atoms with Gasteiger partial charge in [-0.15, -0.1) is 0 Å². The molecule has 1 aliphatic carbocycles. The van der Waals surface area contributed by atoms with Gasteiger partial charge < -0.3 is 16.2 Å². The summed E-state index contributed by atoms with van der Waals surface area (Å²) in [6, 6.07) is 5.70. The minimum Gasteiger partial charge on any atom is -0.493 e. The molecule has 0 bridgehead atoms. The number of nitrogen functional groups attached to an aromatic ring is 2. The van der Waals surface area contributed by atoms with E-state index in [-0.39, 0.29) is 5.95 Å². The predicted molar refractivity (Wildman–Crippen MR) is 85.0 cm³/mol. The van der Waals surface area contributed by atoms with E-state index in [9.17, 15) is 0 Å². The number of benzene rings is 1. The third-order valence-electron chi connectivity index (χ3n) is 4.24. The SMILES string of the molecule is Nc1nc(N)c2c(OCCC3CCCCC3)cccc2n1. The molecule has 3 rings (SSSR count). The highest BCUT2D eigenvalue weighted by atomic mass is 16.5. The molecular weight excluding hydrogens is 264 g/mol. The first-order valence-corrected chi connectivity index (χ1v) is 7.68. The molecule has 5 nitrogen and oxygen atoms in total. The molecule has 1 heterocycles. The zero-order valence-corrected chi connectivity index (χ0v) is 12.2. The van der Waals surface area contributed by atoms with E-state index in [0.29, 0.717) is 12.4 Å². The number of nitrogens with two attached hydrogens (primary N) is 2. The third-order valence-corrected chi connectivity index (χ3v) is 4.24. The maximum Gasteiger partial charge on any atom is 0.222 e. The predicted octanol–water partition coefficient (Wildman–Crippen LogP) is 3.14. The van der Waals surface area contributed by atoms with Crippen molar-refractivity contribution in [3.63, 3.8) is 0 Å². The smallest absolute Gasteiger partial charge is 0.222 e. The Morgan fingerprint density at radius 2 is 1.90 bits per heavy atom. The van der Waals surface area contributed by atoms with Gasteiger partial charge in [0.05, 0.1) is 17.5 Å². The van der Waals surface area contributed by atoms with E-state index in [1.807, 2.05) is 18.2 Å². The van der Waals surface area contributed by atoms with Crippen LogP contribution < -0.4 is 16.2 Å². The number of aromatic nitrogens is 2. The lowest BCUT2D eigenvalue weighted by Gasteiger charge is -2.21. The Hall–Kier alpha value is -2.04. The minimum atomic E-state index is 0.194. The summed E-state index contributed by atoms with van der Waals surface area (Å²) in [7, 11) is 0. The Bertz CT molecular complexity index is 623. The summed E-state index contributed by atoms with van der Waals surface area (Å²) in [6.45, 7) is 0.716. The number of fused-ring (bicyclic) bond motifs is 1. The second-order valence-corrected chi connectivity index (χ2v) is 5.76. The molecule has 112 valence electrons. The van der Waals surface area contributed by atoms with Crippen molar-refractivity contribution in [1.29, 1.82) is 0 Å². The monoisotopic (exact) mass is 286 g/mol. The largest absolute Gasteiger partial charge is 0.493 e. The van der Waals surface area contributed by atoms with Gasteiger partial charge in [-0.1, -0.05) is 38.2 Å². The van der Waals surface area contributed by atoms with Crippen LogP contribution in [0.5, 0.6) is 5.75 Å². The zero-order chi connectivity index (χ0) is 14.7. The van der Waals surface area contributed by atoms with Crippen molar-refractivity contribution in [3.05, 3.63) is 18.2 Å². The second-order valence-electron chi connectivity index (χ2n) is 5.76. The molecule has 1 aromatic heterocycles. The first kappa shape index (κ1) is 13.9. The standard InChI is InChI=1S/C16H22N4O/c17-15-14-12(19-16(18)20-15)7-4-8-13(14)21-10-9-11-5-2-1-3-6-11/h4,7-8,11H,1-3,5-6,9-10H2,(H4,17,18,19,20). The number of ether oxygens (including phenoxy) is 1. The van der Waals surface area contributed by atoms with Gasteiger partial charge in [0.1, 0.15) is 11.6 Å². The minimum absolute atomic E-state index is 0.194. The van der Waals surface area contributed by atoms with Crippen molar-refractivity contribution >= 4 is 22.7 Å². The van der Waals surface area contributed by atoms with Crippen molar-refractivity contribution in [3.8, 4) is 5.75 Å². The van der Waals surface area contributed by atoms with E-state index in [2.05, 4.69) is 9.97 Å². The molecule has 5 heteroatoms. The summed E-state index contributed by atoms with van der Waals surface area (Å²) in [6.07, 6.45) is 7.88. The number of rotatable bonds is 4. The summed E-state index contributed by atoms with van der Waals surface area (Å²) in [5.41, 5.74) is 12.3. The second kappa shape index (κ2) is 6.16. The van der Waals surface area contributed by atoms with Gasteiger partial charge in [-0.25, -0.2) is 4.98 Å². The Morgan fingerprint density at radius 1 is 1.10 bits per heavy atom. The average molecular weight is 286 g/mol. The Morgan fingerprint density at radius 3 is 2.71 bits per heavy atom. The zero-order valence-electron chi connectivity index (χ0n) is 12.2. The summed E-state index contributed by atoms with van der Waals surface area (Å²) >= 11 is 0. The van der Waals surface area contributed by atoms with Gasteiger partial charge in [0.25, 0.3) is 0 Å². The summed E-state index contributed by atoms with van der Waals surface area (Å²) < 4.78 is 5.94. The van der Waals surface area contributed by atoms with E-state index >= 15 is 0 Å². The maximum absolute atomic E-state index is 5.96. The molecule has 1 fully saturated rings. The quantitative estimate of drug-likeness (QED) is 0.901. The number of nitrogens with zero attached hydrogens (tertiary/aromatic N) is 2. The molecular formula is C16H22N4O. The lowest BCUT2D eigenvalue weighted by Crippen LogP contribution is -2.11. The number of hydrogen-bond acceptors (Lipinski definition) is 5. The Kier molecular flexibility index (Phi) is 4.08. The van der Waals surface area contributed by atoms with E-state index < -0.39 is 0 Å². The molecule has 0 saturated heterocycles. The highest BCUT2D eigenvalue weighted by Gasteiger charge is 2.14. The molecule has 0 radical (unpaired) electrons. The first-order valence-electron chi connectivity index (χ1n) is 7.68. The van der Waals surface area contributed by atoms with Crippen molar-refractivity contribution in [1.82, 2.24) is 9.97 Å². The van der Waals surface area contributed by atoms with Gasteiger partial charge in [-0.05, 0) is 24.5 Å². The lowest BCUT2D eigenvalue weighted by molar-refractivity contribution is 0.248. The molecule has 1 aliphatic rings. The van der Waals surface area contributed by atoms with Gasteiger partial charge in [0.2, 0.25) is 5.95 Å². The van der Waals surface area contributed by atoms with E-state index in [1.165, 1.54) is 32.1 Å². The topological polar surface area (TPSA) is 87.0 Å². The van der Waals surface area contributed by atoms with Gasteiger partial charge in [0.15, 0.2) is 0 Å². The summed E-state index contributed by atoms with van der Waals surface area (Å²) in [5, 5.41) is 0.760. The van der Waals surface area contributed by atoms with Crippen molar-refractivity contribution in [2.45, 2.75) is 38.5 Å². The van der Waals surface area contributed by atoms with Crippen LogP contribution in [-0.2, 0) is 0 Å². The molecule has 4 N–H and O–H groups in total. The van der Waals surface area contributed by atoms with Gasteiger partial charge in [-0.2, -0.15) is 4.98 Å². The van der Waals surface area contributed by atoms with Crippen LogP contribution in [0.25, 0.3) is 10.9 Å². The molecule has 0 amide bonds. The van der Waals surface area contributed by atoms with Gasteiger partial charge in [0, 0.05) is 0 Å². The molecule has 0 aliphatic heterocycles. The van der Waals surface area contributed by atoms with Crippen molar-refractivity contribution in [2.75, 3.05) is 18.1 Å². The van der Waals surface area contributed by atoms with Crippen LogP contribution in [0.2, 0.25) is 0 Å². The van der Waals surface area contributed by atoms with Crippen LogP contribution in [-0.4, -0.2) is 16.6 Å². The van der Waals surface area contributed by atoms with Crippen LogP contribution in [0.15, 0.2) is 18.2 Å². The number of anilines is 2. The lowest BCUT2D eigenvalue weighted by atomic mass is 9.87. The first-order chi connectivity index (χ1) is 10.2. The molecule has 21 heavy (non-hydrogen) atoms. The van der Waals surface area contributed by atoms with E-state index in [1.54, 1.807) is 0 Å². The van der Waals surface area contributed by atoms with Gasteiger partial charge >= 0.3 is 0 Å². The average Bonchev–Trinajstić information content (AvgIpc) is 2.48. The van der Waals surface area contributed by atoms with Gasteiger partial charge in [-0.3, -0.25) is 0 Å². The van der Waals surface area contributed by atoms with Crippen LogP contribution in [0.4, 0.5) is 11.8 Å². The van der Waals surface area contributed by atoms with E-state index in [0.717, 1.165) is 29.0 Å². The fraction of sp³-hybridized carbons (Fsp3) is 0.500. The molecule has 0 spiro atoms. The fourth-order valence-electron chi connectivity index (χ4n) is 3.13. The Labute approximate surface area is 124 Å². The van der Waals surface area contributed by atoms with Crippen molar-refractivity contribution in [2.24, 2.45) is 5.92 Å². The van der Waals surface area contributed by atoms with E-state index in [4.69, 9.17) is 16.2 Å². The molecule has 0 unspecified atom stereocenters. The Balaban J connectivity index is 1.71. The summed E-state index contributed by atoms with van der Waals surface area (Å²) in [5.74, 6) is 2.13. The molecule has 1 saturated carbocycles. The maximum atomic E-state index is 5.96. The molecule has 0 atom stereocenters. The van der Waals surface area contributed by atoms with Crippen LogP contribution in [0.1, 0.15) is 38.5 Å². The fourth-order valence-corrected chi connectivity index (χ4v) is 3.13. The number of hydrogen-bond donors (Lipinski definition) is 2. The van der Waals surface area contributed by atoms with Crippen molar-refractivity contribution < 1.29 is 4.74 Å². The van der Waals surface area contributed by atoms with Crippen LogP contribution >= 0.6 is 0 Å².